The highest BCUT2D eigenvalue weighted by atomic mass is 19.1. The number of ketones is 1. The normalized spacial score (nSPS) is 10.5. The number of Topliss-reactive ketones (excluding diaryl/α,β-unsaturated/α-hetero) is 1. The molecule has 0 fully saturated rings. The molecule has 1 aromatic carbocycles. The molecule has 0 unspecified atom stereocenters. The first-order valence-corrected chi connectivity index (χ1v) is 5.81. The lowest BCUT2D eigenvalue weighted by atomic mass is 10.1. The van der Waals surface area contributed by atoms with Crippen molar-refractivity contribution in [2.45, 2.75) is 20.4 Å². The Morgan fingerprint density at radius 2 is 2.05 bits per heavy atom. The van der Waals surface area contributed by atoms with E-state index in [1.807, 2.05) is 0 Å². The maximum absolute atomic E-state index is 13.0. The van der Waals surface area contributed by atoms with Crippen molar-refractivity contribution in [3.8, 4) is 0 Å². The number of aromatic nitrogens is 2. The summed E-state index contributed by atoms with van der Waals surface area (Å²) in [6.45, 7) is 3.31. The molecular formula is C14H13FN2O2. The number of rotatable bonds is 3. The second kappa shape index (κ2) is 5.14. The molecule has 0 saturated heterocycles. The molecule has 2 rings (SSSR count). The topological polar surface area (TPSA) is 52.0 Å². The van der Waals surface area contributed by atoms with Crippen molar-refractivity contribution in [1.29, 1.82) is 0 Å². The van der Waals surface area contributed by atoms with Gasteiger partial charge in [0.25, 0.3) is 0 Å². The maximum atomic E-state index is 13.0. The highest BCUT2D eigenvalue weighted by Crippen LogP contribution is 2.06. The molecule has 4 nitrogen and oxygen atoms in total. The predicted molar refractivity (Wildman–Crippen MR) is 68.7 cm³/mol. The highest BCUT2D eigenvalue weighted by molar-refractivity contribution is 5.95. The summed E-state index contributed by atoms with van der Waals surface area (Å²) in [5.41, 5.74) is 1.04. The first kappa shape index (κ1) is 13.1. The number of nitrogens with zero attached hydrogens (tertiary/aromatic N) is 2. The predicted octanol–water partition coefficient (Wildman–Crippen LogP) is 1.88. The Labute approximate surface area is 109 Å². The fraction of sp³-hybridized carbons (Fsp3) is 0.214. The molecule has 0 radical (unpaired) electrons. The third kappa shape index (κ3) is 2.93. The number of aryl methyl sites for hydroxylation is 2. The van der Waals surface area contributed by atoms with E-state index in [4.69, 9.17) is 0 Å². The minimum absolute atomic E-state index is 0.138. The maximum Gasteiger partial charge on any atom is 0.348 e. The number of hydrogen-bond acceptors (Lipinski definition) is 3. The van der Waals surface area contributed by atoms with E-state index in [1.54, 1.807) is 19.9 Å². The third-order valence-electron chi connectivity index (χ3n) is 2.79. The molecule has 0 saturated carbocycles. The van der Waals surface area contributed by atoms with Gasteiger partial charge in [0.05, 0.1) is 6.54 Å². The first-order valence-electron chi connectivity index (χ1n) is 5.81. The molecule has 0 atom stereocenters. The van der Waals surface area contributed by atoms with Crippen LogP contribution < -0.4 is 5.69 Å². The summed E-state index contributed by atoms with van der Waals surface area (Å²) in [5, 5.41) is 0. The van der Waals surface area contributed by atoms with E-state index in [0.717, 1.165) is 6.07 Å². The van der Waals surface area contributed by atoms with Crippen LogP contribution in [0.25, 0.3) is 0 Å². The zero-order valence-corrected chi connectivity index (χ0v) is 10.7. The van der Waals surface area contributed by atoms with E-state index in [1.165, 1.54) is 22.8 Å². The van der Waals surface area contributed by atoms with E-state index < -0.39 is 11.5 Å². The Hall–Kier alpha value is -2.30. The van der Waals surface area contributed by atoms with Crippen LogP contribution >= 0.6 is 0 Å². The van der Waals surface area contributed by atoms with Crippen LogP contribution in [0, 0.1) is 19.7 Å². The molecule has 98 valence electrons. The number of benzene rings is 1. The van der Waals surface area contributed by atoms with Gasteiger partial charge in [0.1, 0.15) is 5.82 Å². The zero-order valence-electron chi connectivity index (χ0n) is 10.7. The summed E-state index contributed by atoms with van der Waals surface area (Å²) in [6.07, 6.45) is 0. The van der Waals surface area contributed by atoms with Crippen LogP contribution in [-0.4, -0.2) is 15.3 Å². The number of halogens is 1. The molecule has 1 aromatic heterocycles. The quantitative estimate of drug-likeness (QED) is 0.792. The van der Waals surface area contributed by atoms with Gasteiger partial charge in [0, 0.05) is 17.0 Å². The van der Waals surface area contributed by atoms with Gasteiger partial charge in [-0.05, 0) is 32.0 Å². The summed E-state index contributed by atoms with van der Waals surface area (Å²) in [6, 6.07) is 7.13. The van der Waals surface area contributed by atoms with Gasteiger partial charge in [-0.1, -0.05) is 12.1 Å². The Bertz CT molecular complexity index is 692. The smallest absolute Gasteiger partial charge is 0.292 e. The van der Waals surface area contributed by atoms with E-state index in [0.29, 0.717) is 11.4 Å². The van der Waals surface area contributed by atoms with Crippen molar-refractivity contribution in [3.05, 3.63) is 63.6 Å². The lowest BCUT2D eigenvalue weighted by Crippen LogP contribution is -2.28. The van der Waals surface area contributed by atoms with Gasteiger partial charge in [-0.25, -0.2) is 9.18 Å². The van der Waals surface area contributed by atoms with Crippen LogP contribution in [0.4, 0.5) is 4.39 Å². The Balaban J connectivity index is 2.32. The Morgan fingerprint density at radius 3 is 2.68 bits per heavy atom. The molecule has 5 heteroatoms. The average Bonchev–Trinajstić information content (AvgIpc) is 2.33. The molecular weight excluding hydrogens is 247 g/mol. The summed E-state index contributed by atoms with van der Waals surface area (Å²) in [4.78, 5) is 27.5. The standard InChI is InChI=1S/C14H13FN2O2/c1-9-6-10(2)17(14(19)16-9)8-13(18)11-4-3-5-12(15)7-11/h3-7H,8H2,1-2H3. The van der Waals surface area contributed by atoms with E-state index >= 15 is 0 Å². The van der Waals surface area contributed by atoms with E-state index in [-0.39, 0.29) is 17.9 Å². The molecule has 0 spiro atoms. The minimum atomic E-state index is -0.475. The van der Waals surface area contributed by atoms with Crippen LogP contribution in [0.15, 0.2) is 35.1 Å². The SMILES string of the molecule is Cc1cc(C)n(CC(=O)c2cccc(F)c2)c(=O)n1. The van der Waals surface area contributed by atoms with Crippen LogP contribution in [0.2, 0.25) is 0 Å². The number of carbonyl (C=O) groups excluding carboxylic acids is 1. The lowest BCUT2D eigenvalue weighted by molar-refractivity contribution is 0.0969. The summed E-state index contributed by atoms with van der Waals surface area (Å²) in [5.74, 6) is -0.799. The van der Waals surface area contributed by atoms with Crippen molar-refractivity contribution in [1.82, 2.24) is 9.55 Å². The van der Waals surface area contributed by atoms with Crippen molar-refractivity contribution in [3.63, 3.8) is 0 Å². The van der Waals surface area contributed by atoms with Crippen LogP contribution in [-0.2, 0) is 6.54 Å². The van der Waals surface area contributed by atoms with Crippen LogP contribution in [0.1, 0.15) is 21.7 Å². The Kier molecular flexibility index (Phi) is 3.55. The van der Waals surface area contributed by atoms with Gasteiger partial charge in [0.15, 0.2) is 5.78 Å². The molecule has 0 amide bonds. The Morgan fingerprint density at radius 1 is 1.32 bits per heavy atom. The second-order valence-electron chi connectivity index (χ2n) is 4.34. The van der Waals surface area contributed by atoms with Gasteiger partial charge in [-0.2, -0.15) is 4.98 Å². The number of hydrogen-bond donors (Lipinski definition) is 0. The summed E-state index contributed by atoms with van der Waals surface area (Å²) >= 11 is 0. The molecule has 0 aliphatic heterocycles. The second-order valence-corrected chi connectivity index (χ2v) is 4.34. The van der Waals surface area contributed by atoms with Gasteiger partial charge < -0.3 is 0 Å². The largest absolute Gasteiger partial charge is 0.348 e. The molecule has 0 bridgehead atoms. The molecule has 2 aromatic rings. The molecule has 19 heavy (non-hydrogen) atoms. The minimum Gasteiger partial charge on any atom is -0.292 e. The van der Waals surface area contributed by atoms with Crippen LogP contribution in [0.5, 0.6) is 0 Å². The van der Waals surface area contributed by atoms with Crippen molar-refractivity contribution < 1.29 is 9.18 Å². The van der Waals surface area contributed by atoms with Gasteiger partial charge in [-0.3, -0.25) is 9.36 Å². The zero-order chi connectivity index (χ0) is 14.0. The molecule has 0 aliphatic carbocycles. The van der Waals surface area contributed by atoms with Gasteiger partial charge >= 0.3 is 5.69 Å². The number of carbonyl (C=O) groups is 1. The van der Waals surface area contributed by atoms with Crippen molar-refractivity contribution in [2.75, 3.05) is 0 Å². The third-order valence-corrected chi connectivity index (χ3v) is 2.79. The van der Waals surface area contributed by atoms with Crippen molar-refractivity contribution in [2.24, 2.45) is 0 Å². The lowest BCUT2D eigenvalue weighted by Gasteiger charge is -2.09. The van der Waals surface area contributed by atoms with Gasteiger partial charge in [0.2, 0.25) is 0 Å². The highest BCUT2D eigenvalue weighted by Gasteiger charge is 2.11. The average molecular weight is 260 g/mol. The fourth-order valence-electron chi connectivity index (χ4n) is 1.86. The molecule has 1 heterocycles. The fourth-order valence-corrected chi connectivity index (χ4v) is 1.86. The molecule has 0 N–H and O–H groups in total. The monoisotopic (exact) mass is 260 g/mol. The summed E-state index contributed by atoms with van der Waals surface area (Å²) < 4.78 is 14.3. The van der Waals surface area contributed by atoms with Crippen molar-refractivity contribution >= 4 is 5.78 Å². The van der Waals surface area contributed by atoms with Gasteiger partial charge in [-0.15, -0.1) is 0 Å². The van der Waals surface area contributed by atoms with E-state index in [2.05, 4.69) is 4.98 Å². The van der Waals surface area contributed by atoms with Crippen LogP contribution in [0.3, 0.4) is 0 Å². The first-order chi connectivity index (χ1) is 8.97. The summed E-state index contributed by atoms with van der Waals surface area (Å²) in [7, 11) is 0. The molecule has 0 aliphatic rings. The van der Waals surface area contributed by atoms with E-state index in [9.17, 15) is 14.0 Å².